The molecule has 2 unspecified atom stereocenters. The molecule has 1 aliphatic carbocycles. The van der Waals surface area contributed by atoms with E-state index >= 15 is 0 Å². The normalized spacial score (nSPS) is 31.0. The number of rotatable bonds is 3. The summed E-state index contributed by atoms with van der Waals surface area (Å²) in [6.07, 6.45) is 5.31. The molecular formula is C10H21NO. The Bertz CT molecular complexity index is 123. The highest BCUT2D eigenvalue weighted by atomic mass is 16.6. The van der Waals surface area contributed by atoms with Crippen LogP contribution in [0.1, 0.15) is 39.5 Å². The Kier molecular flexibility index (Phi) is 4.02. The summed E-state index contributed by atoms with van der Waals surface area (Å²) in [5.41, 5.74) is 3.07. The number of hydrogen-bond donors (Lipinski definition) is 1. The molecule has 1 fully saturated rings. The van der Waals surface area contributed by atoms with Crippen molar-refractivity contribution in [1.82, 2.24) is 5.48 Å². The van der Waals surface area contributed by atoms with Crippen molar-refractivity contribution in [3.8, 4) is 0 Å². The Labute approximate surface area is 75.6 Å². The van der Waals surface area contributed by atoms with Crippen LogP contribution in [0, 0.1) is 11.8 Å². The molecule has 0 aromatic rings. The topological polar surface area (TPSA) is 21.3 Å². The van der Waals surface area contributed by atoms with Crippen LogP contribution in [-0.4, -0.2) is 13.2 Å². The highest BCUT2D eigenvalue weighted by Gasteiger charge is 2.23. The van der Waals surface area contributed by atoms with E-state index in [2.05, 4.69) is 19.3 Å². The summed E-state index contributed by atoms with van der Waals surface area (Å²) in [6, 6.07) is 0.594. The minimum Gasteiger partial charge on any atom is -0.305 e. The number of hydrogen-bond acceptors (Lipinski definition) is 2. The Hall–Kier alpha value is -0.0800. The molecule has 2 nitrogen and oxygen atoms in total. The zero-order valence-corrected chi connectivity index (χ0v) is 8.47. The lowest BCUT2D eigenvalue weighted by atomic mass is 9.79. The number of hydroxylamine groups is 1. The maximum absolute atomic E-state index is 4.96. The first-order valence-corrected chi connectivity index (χ1v) is 5.02. The molecule has 2 atom stereocenters. The molecule has 72 valence electrons. The van der Waals surface area contributed by atoms with Gasteiger partial charge in [0.15, 0.2) is 0 Å². The smallest absolute Gasteiger partial charge is 0.0572 e. The minimum atomic E-state index is 0.594. The standard InChI is InChI=1S/C10H21NO/c1-8(2)9-5-4-6-10(7-9)11-12-3/h8-11H,4-7H2,1-3H3. The Balaban J connectivity index is 2.30. The van der Waals surface area contributed by atoms with Crippen LogP contribution in [0.15, 0.2) is 0 Å². The van der Waals surface area contributed by atoms with Gasteiger partial charge in [0.25, 0.3) is 0 Å². The fourth-order valence-corrected chi connectivity index (χ4v) is 2.11. The molecule has 1 aliphatic rings. The molecule has 0 aromatic carbocycles. The summed E-state index contributed by atoms with van der Waals surface area (Å²) in [7, 11) is 1.71. The first-order chi connectivity index (χ1) is 5.74. The van der Waals surface area contributed by atoms with E-state index in [0.717, 1.165) is 11.8 Å². The summed E-state index contributed by atoms with van der Waals surface area (Å²) in [5.74, 6) is 1.72. The van der Waals surface area contributed by atoms with Gasteiger partial charge in [-0.1, -0.05) is 26.7 Å². The Morgan fingerprint density at radius 2 is 2.08 bits per heavy atom. The molecule has 0 bridgehead atoms. The molecule has 0 spiro atoms. The fourth-order valence-electron chi connectivity index (χ4n) is 2.11. The summed E-state index contributed by atoms with van der Waals surface area (Å²) < 4.78 is 0. The van der Waals surface area contributed by atoms with E-state index in [1.54, 1.807) is 7.11 Å². The summed E-state index contributed by atoms with van der Waals surface area (Å²) >= 11 is 0. The van der Waals surface area contributed by atoms with Crippen LogP contribution >= 0.6 is 0 Å². The maximum Gasteiger partial charge on any atom is 0.0572 e. The minimum absolute atomic E-state index is 0.594. The Morgan fingerprint density at radius 3 is 2.67 bits per heavy atom. The first kappa shape index (κ1) is 10.0. The van der Waals surface area contributed by atoms with Gasteiger partial charge in [-0.2, -0.15) is 5.48 Å². The molecule has 0 radical (unpaired) electrons. The summed E-state index contributed by atoms with van der Waals surface area (Å²) in [5, 5.41) is 0. The lowest BCUT2D eigenvalue weighted by Crippen LogP contribution is -2.34. The quantitative estimate of drug-likeness (QED) is 0.658. The zero-order valence-electron chi connectivity index (χ0n) is 8.47. The average molecular weight is 171 g/mol. The van der Waals surface area contributed by atoms with Crippen LogP contribution < -0.4 is 5.48 Å². The van der Waals surface area contributed by atoms with Crippen molar-refractivity contribution >= 4 is 0 Å². The second-order valence-electron chi connectivity index (χ2n) is 4.19. The van der Waals surface area contributed by atoms with Gasteiger partial charge in [0, 0.05) is 6.04 Å². The lowest BCUT2D eigenvalue weighted by Gasteiger charge is -2.31. The van der Waals surface area contributed by atoms with Gasteiger partial charge in [0.05, 0.1) is 7.11 Å². The summed E-state index contributed by atoms with van der Waals surface area (Å²) in [6.45, 7) is 4.64. The molecule has 1 N–H and O–H groups in total. The third-order valence-corrected chi connectivity index (χ3v) is 2.94. The second-order valence-corrected chi connectivity index (χ2v) is 4.19. The fraction of sp³-hybridized carbons (Fsp3) is 1.00. The van der Waals surface area contributed by atoms with Crippen molar-refractivity contribution in [3.63, 3.8) is 0 Å². The molecule has 0 saturated heterocycles. The first-order valence-electron chi connectivity index (χ1n) is 5.02. The van der Waals surface area contributed by atoms with Gasteiger partial charge in [-0.15, -0.1) is 0 Å². The van der Waals surface area contributed by atoms with Crippen LogP contribution in [0.5, 0.6) is 0 Å². The lowest BCUT2D eigenvalue weighted by molar-refractivity contribution is 0.0360. The predicted molar refractivity (Wildman–Crippen MR) is 50.7 cm³/mol. The van der Waals surface area contributed by atoms with Crippen LogP contribution in [0.3, 0.4) is 0 Å². The van der Waals surface area contributed by atoms with E-state index in [1.165, 1.54) is 25.7 Å². The van der Waals surface area contributed by atoms with E-state index in [4.69, 9.17) is 4.84 Å². The van der Waals surface area contributed by atoms with Crippen molar-refractivity contribution in [2.45, 2.75) is 45.6 Å². The van der Waals surface area contributed by atoms with Gasteiger partial charge in [-0.25, -0.2) is 0 Å². The maximum atomic E-state index is 4.96. The van der Waals surface area contributed by atoms with E-state index in [-0.39, 0.29) is 0 Å². The van der Waals surface area contributed by atoms with Gasteiger partial charge in [0.1, 0.15) is 0 Å². The SMILES string of the molecule is CONC1CCCC(C(C)C)C1. The molecule has 2 heteroatoms. The van der Waals surface area contributed by atoms with E-state index in [0.29, 0.717) is 6.04 Å². The third kappa shape index (κ3) is 2.76. The largest absolute Gasteiger partial charge is 0.305 e. The van der Waals surface area contributed by atoms with Crippen LogP contribution in [-0.2, 0) is 4.84 Å². The van der Waals surface area contributed by atoms with Crippen molar-refractivity contribution in [2.75, 3.05) is 7.11 Å². The summed E-state index contributed by atoms with van der Waals surface area (Å²) in [4.78, 5) is 4.96. The van der Waals surface area contributed by atoms with Crippen molar-refractivity contribution < 1.29 is 4.84 Å². The zero-order chi connectivity index (χ0) is 8.97. The van der Waals surface area contributed by atoms with Gasteiger partial charge < -0.3 is 4.84 Å². The Morgan fingerprint density at radius 1 is 1.33 bits per heavy atom. The van der Waals surface area contributed by atoms with Crippen molar-refractivity contribution in [1.29, 1.82) is 0 Å². The number of nitrogens with one attached hydrogen (secondary N) is 1. The molecular weight excluding hydrogens is 150 g/mol. The highest BCUT2D eigenvalue weighted by Crippen LogP contribution is 2.29. The molecule has 1 saturated carbocycles. The van der Waals surface area contributed by atoms with Gasteiger partial charge in [-0.3, -0.25) is 0 Å². The van der Waals surface area contributed by atoms with Crippen LogP contribution in [0.25, 0.3) is 0 Å². The highest BCUT2D eigenvalue weighted by molar-refractivity contribution is 4.77. The molecule has 0 amide bonds. The predicted octanol–water partition coefficient (Wildman–Crippen LogP) is 2.35. The van der Waals surface area contributed by atoms with E-state index in [9.17, 15) is 0 Å². The van der Waals surface area contributed by atoms with Gasteiger partial charge >= 0.3 is 0 Å². The van der Waals surface area contributed by atoms with Crippen molar-refractivity contribution in [2.24, 2.45) is 11.8 Å². The van der Waals surface area contributed by atoms with E-state index in [1.807, 2.05) is 0 Å². The second kappa shape index (κ2) is 4.83. The van der Waals surface area contributed by atoms with Crippen LogP contribution in [0.2, 0.25) is 0 Å². The molecule has 12 heavy (non-hydrogen) atoms. The van der Waals surface area contributed by atoms with Crippen molar-refractivity contribution in [3.05, 3.63) is 0 Å². The van der Waals surface area contributed by atoms with E-state index < -0.39 is 0 Å². The average Bonchev–Trinajstić information content (AvgIpc) is 2.05. The molecule has 1 rings (SSSR count). The monoisotopic (exact) mass is 171 g/mol. The molecule has 0 aromatic heterocycles. The third-order valence-electron chi connectivity index (χ3n) is 2.94. The van der Waals surface area contributed by atoms with Crippen LogP contribution in [0.4, 0.5) is 0 Å². The van der Waals surface area contributed by atoms with Gasteiger partial charge in [0.2, 0.25) is 0 Å². The molecule has 0 aliphatic heterocycles. The van der Waals surface area contributed by atoms with Gasteiger partial charge in [-0.05, 0) is 24.7 Å². The molecule has 0 heterocycles.